The molecule has 7 rings (SSSR count). The summed E-state index contributed by atoms with van der Waals surface area (Å²) in [6.45, 7) is -8.57. The van der Waals surface area contributed by atoms with E-state index in [1.807, 2.05) is 0 Å². The van der Waals surface area contributed by atoms with Crippen LogP contribution in [0.3, 0.4) is 0 Å². The fraction of sp³-hybridized carbons (Fsp3) is 0.735. The molecule has 648 valence electrons. The SMILES string of the molecule is NC(=O)[C@H](CS)NC(=O)[C@H](CO)NC(=O)[C@@H]1CCCN1C(=O)[C@H](CNC(=O)[C@H](CO)NC(=O)[C@@H]1CCCN1C(=O)[C@H](CNC(=O)[C@H](CO)NC(=O)[C@@H]1CCCN1)NC(=O)[C@H](CO)NC(=O)[C@@H]1CCCN1)NC(=O)[C@H](CO)NC(=O)[C@@H]1CCCN1C(=O)[C@H](CNC(=O)[C@H](CO)NC(=O)[C@@H]1CCCN1)NC(=O)[C@H](CO)NC(=O)[C@@H]1CCCN1. The normalized spacial score (nSPS) is 23.2. The molecule has 0 spiro atoms. The van der Waals surface area contributed by atoms with E-state index in [0.717, 1.165) is 14.7 Å². The van der Waals surface area contributed by atoms with Gasteiger partial charge in [0.05, 0.1) is 70.4 Å². The van der Waals surface area contributed by atoms with E-state index in [-0.39, 0.29) is 63.9 Å². The van der Waals surface area contributed by atoms with Crippen LogP contribution in [-0.2, 0) is 86.3 Å². The van der Waals surface area contributed by atoms with Crippen molar-refractivity contribution >= 4 is 119 Å². The summed E-state index contributed by atoms with van der Waals surface area (Å²) in [7, 11) is 0. The standard InChI is InChI=1S/C68H110N22O25S/c69-51(98)47(32-116)87-62(109)46(31-97)86-65(112)50-14-7-21-90(50)68(115)39(79-61(108)45(30-96)85-64(111)49-13-6-20-89(49)67(114)38(78-60(107)44(29-95)83-58(105)36-11-4-18-73-36)23-75-53(100)41(26-92)81-56(103)34-9-2-16-71-34)24-76-54(101)42(27-93)84-63(110)48-12-5-19-88(48)66(113)37(77-59(106)43(28-94)82-57(104)35-10-3-17-72-35)22-74-52(99)40(25-91)80-55(102)33-8-1-15-70-33/h33-50,70-73,91-97,116H,1-32H2,(H2,69,98)(H,74,99)(H,75,100)(H,76,101)(H,77,106)(H,78,107)(H,79,108)(H,80,102)(H,81,103)(H,82,104)(H,83,105)(H,84,110)(H,85,111)(H,86,112)(H,87,109)/t33-,34-,35-,36-,37-,38-,39-,40-,41-,42-,43-,44-,45-,46-,47-,48-,49-,50-/m0/s1. The van der Waals surface area contributed by atoms with Crippen molar-refractivity contribution in [2.45, 2.75) is 199 Å². The first-order valence-electron chi connectivity index (χ1n) is 38.7. The molecule has 7 saturated heterocycles. The van der Waals surface area contributed by atoms with Crippen LogP contribution in [0.4, 0.5) is 0 Å². The first-order chi connectivity index (χ1) is 55.5. The van der Waals surface area contributed by atoms with E-state index < -0.39 is 281 Å². The number of rotatable bonds is 43. The van der Waals surface area contributed by atoms with E-state index in [4.69, 9.17) is 5.73 Å². The Bertz CT molecular complexity index is 3510. The Labute approximate surface area is 670 Å². The van der Waals surface area contributed by atoms with Gasteiger partial charge in [-0.3, -0.25) is 86.3 Å². The van der Waals surface area contributed by atoms with Crippen LogP contribution in [-0.4, -0.2) is 383 Å². The van der Waals surface area contributed by atoms with Gasteiger partial charge in [-0.25, -0.2) is 0 Å². The molecule has 18 atom stereocenters. The van der Waals surface area contributed by atoms with Gasteiger partial charge < -0.3 is 152 Å². The lowest BCUT2D eigenvalue weighted by molar-refractivity contribution is -0.144. The minimum Gasteiger partial charge on any atom is -0.394 e. The lowest BCUT2D eigenvalue weighted by Gasteiger charge is -2.32. The van der Waals surface area contributed by atoms with Crippen LogP contribution < -0.4 is 101 Å². The zero-order valence-corrected chi connectivity index (χ0v) is 64.8. The number of carbonyl (C=O) groups is 18. The molecular formula is C68H110N22O25S. The molecule has 18 amide bonds. The molecule has 7 fully saturated rings. The highest BCUT2D eigenvalue weighted by atomic mass is 32.1. The number of hydrogen-bond donors (Lipinski definition) is 27. The van der Waals surface area contributed by atoms with Gasteiger partial charge >= 0.3 is 0 Å². The molecule has 0 unspecified atom stereocenters. The third-order valence-electron chi connectivity index (χ3n) is 20.9. The summed E-state index contributed by atoms with van der Waals surface area (Å²) >= 11 is 3.98. The summed E-state index contributed by atoms with van der Waals surface area (Å²) < 4.78 is 0. The van der Waals surface area contributed by atoms with E-state index in [2.05, 4.69) is 108 Å². The highest BCUT2D eigenvalue weighted by molar-refractivity contribution is 7.80. The minimum atomic E-state index is -2.05. The molecule has 0 aliphatic carbocycles. The number of thiol groups is 1. The molecule has 0 radical (unpaired) electrons. The van der Waals surface area contributed by atoms with Crippen molar-refractivity contribution in [2.24, 2.45) is 5.73 Å². The van der Waals surface area contributed by atoms with Crippen LogP contribution in [0.5, 0.6) is 0 Å². The maximum Gasteiger partial charge on any atom is 0.247 e. The topological polar surface area (TPSA) is 701 Å². The van der Waals surface area contributed by atoms with E-state index in [1.165, 1.54) is 0 Å². The van der Waals surface area contributed by atoms with Crippen molar-refractivity contribution in [3.05, 3.63) is 0 Å². The van der Waals surface area contributed by atoms with E-state index in [0.29, 0.717) is 77.5 Å². The molecular weight excluding hydrogens is 1560 g/mol. The van der Waals surface area contributed by atoms with E-state index >= 15 is 0 Å². The van der Waals surface area contributed by atoms with Crippen LogP contribution in [0.15, 0.2) is 0 Å². The Kier molecular flexibility index (Phi) is 37.4. The summed E-state index contributed by atoms with van der Waals surface area (Å²) in [5, 5.41) is 117. The Morgan fingerprint density at radius 1 is 0.293 bits per heavy atom. The molecule has 7 heterocycles. The van der Waals surface area contributed by atoms with Crippen LogP contribution in [0.25, 0.3) is 0 Å². The number of aliphatic hydroxyl groups excluding tert-OH is 7. The average Bonchev–Trinajstić information content (AvgIpc) is 1.64. The Morgan fingerprint density at radius 2 is 0.509 bits per heavy atom. The Balaban J connectivity index is 1.09. The second kappa shape index (κ2) is 46.3. The van der Waals surface area contributed by atoms with E-state index in [1.54, 1.807) is 0 Å². The number of aliphatic hydroxyl groups is 7. The summed E-state index contributed by atoms with van der Waals surface area (Å²) in [6.07, 6.45) is 4.06. The van der Waals surface area contributed by atoms with Gasteiger partial charge in [0.15, 0.2) is 0 Å². The predicted octanol–water partition coefficient (Wildman–Crippen LogP) is -17.0. The Morgan fingerprint density at radius 3 is 0.707 bits per heavy atom. The summed E-state index contributed by atoms with van der Waals surface area (Å²) in [5.74, 6) is -18.4. The molecule has 0 bridgehead atoms. The average molecular weight is 1670 g/mol. The molecule has 48 heteroatoms. The molecule has 7 aliphatic rings. The summed E-state index contributed by atoms with van der Waals surface area (Å²) in [5.41, 5.74) is 5.34. The first kappa shape index (κ1) is 93.5. The maximum atomic E-state index is 15.0. The number of primary amides is 1. The van der Waals surface area contributed by atoms with E-state index in [9.17, 15) is 122 Å². The van der Waals surface area contributed by atoms with Gasteiger partial charge in [-0.2, -0.15) is 12.6 Å². The molecule has 47 nitrogen and oxygen atoms in total. The summed E-state index contributed by atoms with van der Waals surface area (Å²) in [6, 6.07) is -26.7. The molecule has 0 aromatic rings. The quantitative estimate of drug-likeness (QED) is 0.0252. The van der Waals surface area contributed by atoms with Crippen molar-refractivity contribution in [1.29, 1.82) is 0 Å². The van der Waals surface area contributed by atoms with Crippen molar-refractivity contribution in [1.82, 2.24) is 110 Å². The largest absolute Gasteiger partial charge is 0.394 e. The second-order valence-corrected chi connectivity index (χ2v) is 29.3. The number of carbonyl (C=O) groups excluding carboxylic acids is 18. The predicted molar refractivity (Wildman–Crippen MR) is 401 cm³/mol. The minimum absolute atomic E-state index is 0.0680. The number of amides is 18. The molecule has 0 aromatic carbocycles. The van der Waals surface area contributed by atoms with Crippen LogP contribution in [0, 0.1) is 0 Å². The molecule has 0 aromatic heterocycles. The molecule has 0 saturated carbocycles. The number of nitrogens with two attached hydrogens (primary N) is 1. The smallest absolute Gasteiger partial charge is 0.247 e. The maximum absolute atomic E-state index is 15.0. The van der Waals surface area contributed by atoms with Gasteiger partial charge in [-0.1, -0.05) is 0 Å². The van der Waals surface area contributed by atoms with Gasteiger partial charge in [-0.05, 0) is 116 Å². The van der Waals surface area contributed by atoms with Crippen LogP contribution >= 0.6 is 12.6 Å². The third kappa shape index (κ3) is 25.9. The molecule has 27 N–H and O–H groups in total. The van der Waals surface area contributed by atoms with Gasteiger partial charge in [-0.15, -0.1) is 0 Å². The number of nitrogens with zero attached hydrogens (tertiary/aromatic N) is 3. The van der Waals surface area contributed by atoms with Crippen molar-refractivity contribution < 1.29 is 122 Å². The lowest BCUT2D eigenvalue weighted by Crippen LogP contribution is -2.63. The Hall–Kier alpha value is -9.63. The number of nitrogens with one attached hydrogen (secondary N) is 18. The van der Waals surface area contributed by atoms with Gasteiger partial charge in [0.2, 0.25) is 106 Å². The molecule has 7 aliphatic heterocycles. The monoisotopic (exact) mass is 1670 g/mol. The van der Waals surface area contributed by atoms with Crippen molar-refractivity contribution in [3.8, 4) is 0 Å². The highest BCUT2D eigenvalue weighted by Gasteiger charge is 2.46. The van der Waals surface area contributed by atoms with Crippen molar-refractivity contribution in [3.63, 3.8) is 0 Å². The first-order valence-corrected chi connectivity index (χ1v) is 39.4. The van der Waals surface area contributed by atoms with Crippen LogP contribution in [0.1, 0.15) is 89.9 Å². The lowest BCUT2D eigenvalue weighted by atomic mass is 10.1. The van der Waals surface area contributed by atoms with Crippen LogP contribution in [0.2, 0.25) is 0 Å². The fourth-order valence-electron chi connectivity index (χ4n) is 14.3. The van der Waals surface area contributed by atoms with Gasteiger partial charge in [0.25, 0.3) is 0 Å². The van der Waals surface area contributed by atoms with Gasteiger partial charge in [0, 0.05) is 45.0 Å². The van der Waals surface area contributed by atoms with Crippen molar-refractivity contribution in [2.75, 3.05) is 117 Å². The molecule has 116 heavy (non-hydrogen) atoms. The number of likely N-dealkylation sites (tertiary alicyclic amines) is 3. The fourth-order valence-corrected chi connectivity index (χ4v) is 14.5. The highest BCUT2D eigenvalue weighted by Crippen LogP contribution is 2.23. The zero-order valence-electron chi connectivity index (χ0n) is 63.9. The number of hydrogen-bond acceptors (Lipinski definition) is 30. The third-order valence-corrected chi connectivity index (χ3v) is 21.2. The summed E-state index contributed by atoms with van der Waals surface area (Å²) in [4.78, 5) is 251. The van der Waals surface area contributed by atoms with Gasteiger partial charge in [0.1, 0.15) is 84.6 Å². The zero-order chi connectivity index (χ0) is 84.9. The second-order valence-electron chi connectivity index (χ2n) is 28.9.